The summed E-state index contributed by atoms with van der Waals surface area (Å²) in [5.41, 5.74) is 0. The second kappa shape index (κ2) is 4.93. The van der Waals surface area contributed by atoms with Gasteiger partial charge in [0, 0.05) is 0 Å². The van der Waals surface area contributed by atoms with Crippen LogP contribution in [0.5, 0.6) is 0 Å². The molecule has 0 radical (unpaired) electrons. The van der Waals surface area contributed by atoms with Gasteiger partial charge in [0.2, 0.25) is 0 Å². The largest absolute Gasteiger partial charge is 1.00 e. The molecule has 0 spiro atoms. The molecule has 8 heteroatoms. The number of pyridine rings is 1. The Kier molecular flexibility index (Phi) is 5.17. The van der Waals surface area contributed by atoms with Gasteiger partial charge in [-0.25, -0.2) is 4.98 Å². The average molecular weight is 252 g/mol. The Hall–Kier alpha value is 0.640. The Labute approximate surface area is 109 Å². The predicted octanol–water partition coefficient (Wildman–Crippen LogP) is -1.25. The van der Waals surface area contributed by atoms with Crippen molar-refractivity contribution in [1.82, 2.24) is 4.98 Å². The first-order chi connectivity index (χ1) is 5.41. The minimum atomic E-state index is -4.30. The van der Waals surface area contributed by atoms with Gasteiger partial charge in [0.05, 0.1) is 0 Å². The van der Waals surface area contributed by atoms with Crippen molar-refractivity contribution in [3.63, 3.8) is 0 Å². The zero-order valence-electron chi connectivity index (χ0n) is 7.53. The SMILES string of the molecule is O=S(=O)(O)c1ccc(Cl)nc1Cl.[H-].[Na+]. The monoisotopic (exact) mass is 251 g/mol. The van der Waals surface area contributed by atoms with E-state index in [0.717, 1.165) is 6.07 Å². The Morgan fingerprint density at radius 3 is 2.31 bits per heavy atom. The molecule has 0 unspecified atom stereocenters. The molecule has 4 nitrogen and oxygen atoms in total. The molecule has 0 aliphatic heterocycles. The van der Waals surface area contributed by atoms with Crippen molar-refractivity contribution in [2.45, 2.75) is 4.90 Å². The third-order valence-corrected chi connectivity index (χ3v) is 2.55. The van der Waals surface area contributed by atoms with Crippen molar-refractivity contribution in [2.75, 3.05) is 0 Å². The van der Waals surface area contributed by atoms with Crippen LogP contribution in [-0.2, 0) is 10.1 Å². The maximum Gasteiger partial charge on any atom is 1.00 e. The molecule has 0 fully saturated rings. The van der Waals surface area contributed by atoms with E-state index in [1.807, 2.05) is 0 Å². The minimum absolute atomic E-state index is 0. The number of rotatable bonds is 1. The first-order valence-corrected chi connectivity index (χ1v) is 4.90. The summed E-state index contributed by atoms with van der Waals surface area (Å²) in [6.45, 7) is 0. The molecular weight excluding hydrogens is 248 g/mol. The summed E-state index contributed by atoms with van der Waals surface area (Å²) in [5, 5.41) is -0.280. The van der Waals surface area contributed by atoms with Crippen molar-refractivity contribution in [1.29, 1.82) is 0 Å². The van der Waals surface area contributed by atoms with Gasteiger partial charge < -0.3 is 1.43 Å². The molecule has 1 aromatic heterocycles. The van der Waals surface area contributed by atoms with Gasteiger partial charge in [-0.1, -0.05) is 23.2 Å². The molecule has 1 heterocycles. The molecule has 0 amide bonds. The van der Waals surface area contributed by atoms with Gasteiger partial charge in [-0.2, -0.15) is 8.42 Å². The number of hydrogen-bond donors (Lipinski definition) is 1. The average Bonchev–Trinajstić information content (AvgIpc) is 1.83. The van der Waals surface area contributed by atoms with Gasteiger partial charge in [-0.15, -0.1) is 0 Å². The van der Waals surface area contributed by atoms with Crippen LogP contribution in [0.4, 0.5) is 0 Å². The fourth-order valence-corrected chi connectivity index (χ4v) is 1.73. The van der Waals surface area contributed by atoms with E-state index in [1.165, 1.54) is 6.07 Å². The fraction of sp³-hybridized carbons (Fsp3) is 0. The smallest absolute Gasteiger partial charge is 1.00 e. The molecule has 0 aromatic carbocycles. The van der Waals surface area contributed by atoms with Gasteiger partial charge in [0.1, 0.15) is 10.0 Å². The van der Waals surface area contributed by atoms with E-state index >= 15 is 0 Å². The Morgan fingerprint density at radius 2 is 1.92 bits per heavy atom. The third kappa shape index (κ3) is 3.71. The number of aromatic nitrogens is 1. The van der Waals surface area contributed by atoms with Crippen LogP contribution in [0.1, 0.15) is 1.43 Å². The predicted molar refractivity (Wildman–Crippen MR) is 45.2 cm³/mol. The van der Waals surface area contributed by atoms with E-state index in [1.54, 1.807) is 0 Å². The first kappa shape index (κ1) is 13.6. The van der Waals surface area contributed by atoms with Crippen LogP contribution < -0.4 is 29.6 Å². The second-order valence-electron chi connectivity index (χ2n) is 1.90. The molecule has 0 saturated heterocycles. The van der Waals surface area contributed by atoms with Crippen LogP contribution in [-0.4, -0.2) is 18.0 Å². The van der Waals surface area contributed by atoms with Crippen LogP contribution in [0.3, 0.4) is 0 Å². The fourth-order valence-electron chi connectivity index (χ4n) is 0.592. The molecule has 68 valence electrons. The Bertz CT molecular complexity index is 413. The maximum atomic E-state index is 10.6. The molecule has 0 saturated carbocycles. The molecule has 0 atom stereocenters. The molecule has 0 bridgehead atoms. The van der Waals surface area contributed by atoms with Crippen LogP contribution in [0.2, 0.25) is 10.3 Å². The van der Waals surface area contributed by atoms with Crippen LogP contribution in [0.15, 0.2) is 17.0 Å². The van der Waals surface area contributed by atoms with Crippen molar-refractivity contribution >= 4 is 33.3 Å². The van der Waals surface area contributed by atoms with Gasteiger partial charge in [-0.05, 0) is 12.1 Å². The van der Waals surface area contributed by atoms with E-state index in [4.69, 9.17) is 27.8 Å². The van der Waals surface area contributed by atoms with E-state index in [9.17, 15) is 8.42 Å². The minimum Gasteiger partial charge on any atom is -1.00 e. The molecule has 13 heavy (non-hydrogen) atoms. The van der Waals surface area contributed by atoms with Crippen LogP contribution in [0, 0.1) is 0 Å². The summed E-state index contributed by atoms with van der Waals surface area (Å²) >= 11 is 10.8. The van der Waals surface area contributed by atoms with Crippen molar-refractivity contribution < 1.29 is 44.0 Å². The maximum absolute atomic E-state index is 10.6. The summed E-state index contributed by atoms with van der Waals surface area (Å²) < 4.78 is 29.7. The second-order valence-corrected chi connectivity index (χ2v) is 4.03. The topological polar surface area (TPSA) is 67.3 Å². The van der Waals surface area contributed by atoms with E-state index < -0.39 is 15.0 Å². The number of halogens is 2. The Balaban J connectivity index is 0. The van der Waals surface area contributed by atoms with E-state index in [0.29, 0.717) is 0 Å². The third-order valence-electron chi connectivity index (χ3n) is 1.06. The van der Waals surface area contributed by atoms with Crippen molar-refractivity contribution in [3.05, 3.63) is 22.4 Å². The van der Waals surface area contributed by atoms with E-state index in [2.05, 4.69) is 4.98 Å². The molecule has 1 N–H and O–H groups in total. The van der Waals surface area contributed by atoms with Gasteiger partial charge in [0.15, 0.2) is 5.15 Å². The zero-order valence-corrected chi connectivity index (χ0v) is 10.9. The summed E-state index contributed by atoms with van der Waals surface area (Å²) in [4.78, 5) is 2.98. The standard InChI is InChI=1S/C5H3Cl2NO3S.Na.H/c6-4-2-1-3(5(7)8-4)12(9,10)11;;/h1-2H,(H,9,10,11);;/q;+1;-1. The molecule has 0 aliphatic rings. The number of hydrogen-bond acceptors (Lipinski definition) is 3. The summed E-state index contributed by atoms with van der Waals surface area (Å²) in [6.07, 6.45) is 0. The van der Waals surface area contributed by atoms with Crippen molar-refractivity contribution in [2.24, 2.45) is 0 Å². The quantitative estimate of drug-likeness (QED) is 0.385. The van der Waals surface area contributed by atoms with Gasteiger partial charge in [0.25, 0.3) is 10.1 Å². The van der Waals surface area contributed by atoms with Crippen LogP contribution in [0.25, 0.3) is 0 Å². The number of nitrogens with zero attached hydrogens (tertiary/aromatic N) is 1. The molecular formula is C5H4Cl2NNaO3S. The van der Waals surface area contributed by atoms with Gasteiger partial charge >= 0.3 is 29.6 Å². The summed E-state index contributed by atoms with van der Waals surface area (Å²) in [5.74, 6) is 0. The Morgan fingerprint density at radius 1 is 1.38 bits per heavy atom. The van der Waals surface area contributed by atoms with Gasteiger partial charge in [-0.3, -0.25) is 4.55 Å². The molecule has 0 aliphatic carbocycles. The molecule has 1 rings (SSSR count). The summed E-state index contributed by atoms with van der Waals surface area (Å²) in [6, 6.07) is 2.30. The summed E-state index contributed by atoms with van der Waals surface area (Å²) in [7, 11) is -4.30. The van der Waals surface area contributed by atoms with E-state index in [-0.39, 0.29) is 41.3 Å². The van der Waals surface area contributed by atoms with Crippen molar-refractivity contribution in [3.8, 4) is 0 Å². The molecule has 1 aromatic rings. The zero-order chi connectivity index (χ0) is 9.35. The van der Waals surface area contributed by atoms with Crippen LogP contribution >= 0.6 is 23.2 Å². The normalized spacial score (nSPS) is 10.7. The first-order valence-electron chi connectivity index (χ1n) is 2.71.